The van der Waals surface area contributed by atoms with Crippen molar-refractivity contribution in [1.82, 2.24) is 0 Å². The number of carbonyl (C=O) groups excluding carboxylic acids is 1. The fraction of sp³-hybridized carbons (Fsp3) is 0. The summed E-state index contributed by atoms with van der Waals surface area (Å²) >= 11 is 1.08. The molecular formula is C3H3Ga2O2+3. The van der Waals surface area contributed by atoms with Crippen molar-refractivity contribution in [2.75, 3.05) is 0 Å². The third-order valence-electron chi connectivity index (χ3n) is 0.201. The first-order valence-corrected chi connectivity index (χ1v) is 2.40. The Hall–Kier alpha value is 0.643. The Morgan fingerprint density at radius 1 is 1.71 bits per heavy atom. The minimum absolute atomic E-state index is 0. The Morgan fingerprint density at radius 2 is 1.86 bits per heavy atom. The quantitative estimate of drug-likeness (QED) is 0.420. The third kappa shape index (κ3) is 20.5. The van der Waals surface area contributed by atoms with Gasteiger partial charge in [-0.25, -0.2) is 0 Å². The molecule has 0 aliphatic heterocycles. The summed E-state index contributed by atoms with van der Waals surface area (Å²) in [6.07, 6.45) is 1.31. The average molecular weight is 211 g/mol. The Balaban J connectivity index is -0.0000000800. The van der Waals surface area contributed by atoms with Crippen molar-refractivity contribution in [2.24, 2.45) is 0 Å². The van der Waals surface area contributed by atoms with Crippen LogP contribution in [0.2, 0.25) is 0 Å². The van der Waals surface area contributed by atoms with Crippen LogP contribution in [0, 0.1) is 0 Å². The molecule has 0 N–H and O–H groups in total. The van der Waals surface area contributed by atoms with Crippen LogP contribution >= 0.6 is 0 Å². The Bertz CT molecular complexity index is 62.0. The van der Waals surface area contributed by atoms with E-state index in [9.17, 15) is 4.79 Å². The number of allylic oxidation sites excluding steroid dienone is 1. The van der Waals surface area contributed by atoms with E-state index < -0.39 is 0 Å². The van der Waals surface area contributed by atoms with Crippen molar-refractivity contribution in [3.05, 3.63) is 12.7 Å². The van der Waals surface area contributed by atoms with Gasteiger partial charge in [-0.15, -0.1) is 0 Å². The van der Waals surface area contributed by atoms with Crippen LogP contribution in [-0.2, 0) is 10.3 Å². The van der Waals surface area contributed by atoms with Gasteiger partial charge in [0.15, 0.2) is 0 Å². The van der Waals surface area contributed by atoms with Gasteiger partial charge in [-0.2, -0.15) is 0 Å². The van der Waals surface area contributed by atoms with Crippen LogP contribution in [0.15, 0.2) is 12.7 Å². The third-order valence-corrected chi connectivity index (χ3v) is 0.696. The molecule has 0 amide bonds. The molecule has 4 heteroatoms. The van der Waals surface area contributed by atoms with E-state index in [0.29, 0.717) is 0 Å². The second-order valence-corrected chi connectivity index (χ2v) is 1.80. The maximum Gasteiger partial charge on any atom is 3.00 e. The molecule has 0 saturated heterocycles. The van der Waals surface area contributed by atoms with Gasteiger partial charge in [0.25, 0.3) is 0 Å². The first-order chi connectivity index (χ1) is 2.27. The van der Waals surface area contributed by atoms with Gasteiger partial charge < -0.3 is 5.48 Å². The number of carbonyl (C=O) groups is 1. The van der Waals surface area contributed by atoms with E-state index in [1.165, 1.54) is 6.08 Å². The minimum Gasteiger partial charge on any atom is -2.00 e. The molecule has 0 aromatic rings. The van der Waals surface area contributed by atoms with Gasteiger partial charge in [0.2, 0.25) is 0 Å². The van der Waals surface area contributed by atoms with Crippen LogP contribution in [0.25, 0.3) is 0 Å². The molecule has 0 atom stereocenters. The smallest absolute Gasteiger partial charge is 2.00 e. The standard InChI is InChI=1S/C3H3O.2Ga.O/c1-2-3-4;;;/h2H,1H2;;;/q;+2;+3;-2. The van der Waals surface area contributed by atoms with Crippen LogP contribution < -0.4 is 0 Å². The molecule has 0 spiro atoms. The molecule has 0 heterocycles. The summed E-state index contributed by atoms with van der Waals surface area (Å²) in [6, 6.07) is 0. The van der Waals surface area contributed by atoms with Gasteiger partial charge in [0, 0.05) is 0 Å². The average Bonchev–Trinajstić information content (AvgIpc) is 1.38. The summed E-state index contributed by atoms with van der Waals surface area (Å²) in [7, 11) is 0. The van der Waals surface area contributed by atoms with Gasteiger partial charge in [-0.1, -0.05) is 0 Å². The zero-order valence-corrected chi connectivity index (χ0v) is 8.60. The predicted molar refractivity (Wildman–Crippen MR) is 27.4 cm³/mol. The molecule has 30 valence electrons. The van der Waals surface area contributed by atoms with E-state index in [1.807, 2.05) is 0 Å². The number of hydrogen-bond donors (Lipinski definition) is 0. The molecule has 0 fully saturated rings. The molecule has 0 rings (SSSR count). The molecule has 7 heavy (non-hydrogen) atoms. The second kappa shape index (κ2) is 9.81. The van der Waals surface area contributed by atoms with E-state index in [0.717, 1.165) is 18.6 Å². The Morgan fingerprint density at radius 3 is 1.86 bits per heavy atom. The van der Waals surface area contributed by atoms with Crippen LogP contribution in [0.1, 0.15) is 0 Å². The van der Waals surface area contributed by atoms with Crippen molar-refractivity contribution in [3.8, 4) is 0 Å². The number of hydrogen-bond acceptors (Lipinski definition) is 1. The fourth-order valence-electron chi connectivity index (χ4n) is 0. The minimum atomic E-state index is 0. The summed E-state index contributed by atoms with van der Waals surface area (Å²) in [6.45, 7) is 3.23. The summed E-state index contributed by atoms with van der Waals surface area (Å²) in [4.78, 5) is 9.72. The van der Waals surface area contributed by atoms with Crippen molar-refractivity contribution in [2.45, 2.75) is 0 Å². The van der Waals surface area contributed by atoms with Gasteiger partial charge in [0.1, 0.15) is 0 Å². The molecule has 0 aliphatic rings. The second-order valence-electron chi connectivity index (χ2n) is 0.606. The maximum absolute atomic E-state index is 9.72. The Labute approximate surface area is 65.6 Å². The number of rotatable bonds is 1. The molecule has 0 saturated carbocycles. The summed E-state index contributed by atoms with van der Waals surface area (Å²) in [5, 5.41) is 0. The van der Waals surface area contributed by atoms with Crippen molar-refractivity contribution in [1.29, 1.82) is 0 Å². The van der Waals surface area contributed by atoms with E-state index in [-0.39, 0.29) is 29.6 Å². The van der Waals surface area contributed by atoms with Crippen molar-refractivity contribution >= 4 is 42.7 Å². The van der Waals surface area contributed by atoms with Crippen LogP contribution in [0.4, 0.5) is 0 Å². The molecule has 0 radical (unpaired) electrons. The summed E-state index contributed by atoms with van der Waals surface area (Å²) in [5.41, 5.74) is 0. The van der Waals surface area contributed by atoms with Gasteiger partial charge >= 0.3 is 60.2 Å². The van der Waals surface area contributed by atoms with E-state index in [1.54, 1.807) is 0 Å². The van der Waals surface area contributed by atoms with E-state index in [2.05, 4.69) is 6.58 Å². The van der Waals surface area contributed by atoms with Gasteiger partial charge in [0.05, 0.1) is 0 Å². The summed E-state index contributed by atoms with van der Waals surface area (Å²) < 4.78 is 0.0810. The van der Waals surface area contributed by atoms with E-state index in [4.69, 9.17) is 0 Å². The maximum atomic E-state index is 9.72. The normalized spacial score (nSPS) is 4.86. The molecule has 0 aliphatic carbocycles. The molecule has 0 bridgehead atoms. The fourth-order valence-corrected chi connectivity index (χ4v) is 0. The largest absolute Gasteiger partial charge is 3.00 e. The monoisotopic (exact) mass is 209 g/mol. The zero-order chi connectivity index (χ0) is 4.28. The summed E-state index contributed by atoms with van der Waals surface area (Å²) in [5.74, 6) is 0. The van der Waals surface area contributed by atoms with Crippen LogP contribution in [0.5, 0.6) is 0 Å². The van der Waals surface area contributed by atoms with Crippen LogP contribution in [-0.4, -0.2) is 42.7 Å². The zero-order valence-electron chi connectivity index (χ0n) is 3.76. The first-order valence-electron chi connectivity index (χ1n) is 1.19. The van der Waals surface area contributed by atoms with Crippen LogP contribution in [0.3, 0.4) is 0 Å². The SMILES string of the molecule is C=C[C](=O)[Ga+2].[Ga+3].[O-2]. The predicted octanol–water partition coefficient (Wildman–Crippen LogP) is -0.632. The molecule has 2 nitrogen and oxygen atoms in total. The van der Waals surface area contributed by atoms with E-state index >= 15 is 0 Å². The van der Waals surface area contributed by atoms with Gasteiger partial charge in [-0.05, 0) is 0 Å². The molecular weight excluding hydrogens is 207 g/mol. The molecule has 0 aromatic carbocycles. The topological polar surface area (TPSA) is 45.6 Å². The van der Waals surface area contributed by atoms with Crippen molar-refractivity contribution < 1.29 is 10.3 Å². The molecule has 0 unspecified atom stereocenters. The molecule has 0 aromatic heterocycles. The van der Waals surface area contributed by atoms with Gasteiger partial charge in [-0.3, -0.25) is 0 Å². The first kappa shape index (κ1) is 15.6. The van der Waals surface area contributed by atoms with Crippen molar-refractivity contribution in [3.63, 3.8) is 0 Å². The Kier molecular flexibility index (Phi) is 21.9.